The summed E-state index contributed by atoms with van der Waals surface area (Å²) in [6, 6.07) is -0.00789. The Bertz CT molecular complexity index is 945. The first-order chi connectivity index (χ1) is 14.2. The molecule has 4 rings (SSSR count). The molecule has 9 nitrogen and oxygen atoms in total. The lowest BCUT2D eigenvalue weighted by molar-refractivity contribution is -0.134. The van der Waals surface area contributed by atoms with Crippen LogP contribution >= 0.6 is 0 Å². The molecule has 3 atom stereocenters. The zero-order chi connectivity index (χ0) is 21.6. The van der Waals surface area contributed by atoms with E-state index in [4.69, 9.17) is 9.05 Å². The molecule has 0 radical (unpaired) electrons. The van der Waals surface area contributed by atoms with Crippen LogP contribution in [0.5, 0.6) is 0 Å². The quantitative estimate of drug-likeness (QED) is 0.792. The predicted molar refractivity (Wildman–Crippen MR) is 106 cm³/mol. The average Bonchev–Trinajstić information content (AvgIpc) is 3.41. The summed E-state index contributed by atoms with van der Waals surface area (Å²) in [6.45, 7) is 10.5. The molecule has 1 aliphatic heterocycles. The van der Waals surface area contributed by atoms with Crippen molar-refractivity contribution in [3.63, 3.8) is 0 Å². The Morgan fingerprint density at radius 3 is 2.60 bits per heavy atom. The number of hydrogen-bond donors (Lipinski definition) is 1. The minimum atomic E-state index is -0.410. The molecule has 2 aliphatic rings. The molecule has 2 aromatic rings. The maximum absolute atomic E-state index is 12.7. The number of fused-ring (bicyclic) bond motifs is 1. The largest absolute Gasteiger partial charge is 0.361 e. The highest BCUT2D eigenvalue weighted by Gasteiger charge is 2.58. The first-order valence-corrected chi connectivity index (χ1v) is 10.5. The number of hydrogen-bond acceptors (Lipinski definition) is 7. The van der Waals surface area contributed by atoms with Gasteiger partial charge in [-0.2, -0.15) is 4.98 Å². The number of aromatic nitrogens is 3. The summed E-state index contributed by atoms with van der Waals surface area (Å²) in [5.41, 5.74) is 1.17. The van der Waals surface area contributed by atoms with E-state index in [-0.39, 0.29) is 36.1 Å². The van der Waals surface area contributed by atoms with Crippen LogP contribution in [0.4, 0.5) is 0 Å². The van der Waals surface area contributed by atoms with Gasteiger partial charge in [0.25, 0.3) is 0 Å². The first-order valence-electron chi connectivity index (χ1n) is 10.5. The van der Waals surface area contributed by atoms with Gasteiger partial charge in [-0.25, -0.2) is 0 Å². The highest BCUT2D eigenvalue weighted by molar-refractivity contribution is 5.80. The second-order valence-electron chi connectivity index (χ2n) is 9.06. The Kier molecular flexibility index (Phi) is 5.15. The molecule has 2 fully saturated rings. The fourth-order valence-corrected chi connectivity index (χ4v) is 5.04. The highest BCUT2D eigenvalue weighted by Crippen LogP contribution is 2.50. The molecule has 1 saturated heterocycles. The van der Waals surface area contributed by atoms with E-state index in [0.717, 1.165) is 17.7 Å². The van der Waals surface area contributed by atoms with Gasteiger partial charge >= 0.3 is 0 Å². The maximum Gasteiger partial charge on any atom is 0.235 e. The number of aryl methyl sites for hydroxylation is 3. The highest BCUT2D eigenvalue weighted by atomic mass is 16.5. The van der Waals surface area contributed by atoms with Crippen molar-refractivity contribution in [3.8, 4) is 0 Å². The molecule has 0 spiro atoms. The molecule has 0 bridgehead atoms. The molecule has 0 aromatic carbocycles. The molecule has 2 aromatic heterocycles. The minimum Gasteiger partial charge on any atom is -0.361 e. The average molecular weight is 415 g/mol. The van der Waals surface area contributed by atoms with Gasteiger partial charge in [0, 0.05) is 30.6 Å². The van der Waals surface area contributed by atoms with E-state index in [1.807, 2.05) is 32.6 Å². The van der Waals surface area contributed by atoms with Crippen LogP contribution in [-0.2, 0) is 21.4 Å². The fourth-order valence-electron chi connectivity index (χ4n) is 5.04. The van der Waals surface area contributed by atoms with Crippen LogP contribution in [-0.4, -0.2) is 51.1 Å². The summed E-state index contributed by atoms with van der Waals surface area (Å²) in [4.78, 5) is 31.8. The van der Waals surface area contributed by atoms with E-state index in [1.165, 1.54) is 0 Å². The number of nitrogens with one attached hydrogen (secondary N) is 1. The Labute approximate surface area is 175 Å². The van der Waals surface area contributed by atoms with Crippen LogP contribution in [0.15, 0.2) is 9.05 Å². The molecule has 1 unspecified atom stereocenters. The van der Waals surface area contributed by atoms with Gasteiger partial charge in [0.1, 0.15) is 5.76 Å². The number of nitrogens with zero attached hydrogens (tertiary/aromatic N) is 4. The smallest absolute Gasteiger partial charge is 0.235 e. The number of rotatable bonds is 5. The van der Waals surface area contributed by atoms with Crippen molar-refractivity contribution in [1.29, 1.82) is 0 Å². The van der Waals surface area contributed by atoms with Crippen LogP contribution in [0.2, 0.25) is 0 Å². The Balaban J connectivity index is 1.51. The molecule has 1 N–H and O–H groups in total. The summed E-state index contributed by atoms with van der Waals surface area (Å²) >= 11 is 0. The van der Waals surface area contributed by atoms with Crippen molar-refractivity contribution in [2.75, 3.05) is 13.1 Å². The van der Waals surface area contributed by atoms with Crippen LogP contribution in [0.25, 0.3) is 0 Å². The summed E-state index contributed by atoms with van der Waals surface area (Å²) < 4.78 is 10.7. The van der Waals surface area contributed by atoms with Gasteiger partial charge in [0.05, 0.1) is 17.5 Å². The van der Waals surface area contributed by atoms with Crippen molar-refractivity contribution in [2.45, 2.75) is 65.3 Å². The number of carbonyl (C=O) groups is 2. The van der Waals surface area contributed by atoms with Crippen LogP contribution in [0.3, 0.4) is 0 Å². The lowest BCUT2D eigenvalue weighted by Crippen LogP contribution is -2.40. The predicted octanol–water partition coefficient (Wildman–Crippen LogP) is 1.86. The van der Waals surface area contributed by atoms with Crippen molar-refractivity contribution >= 4 is 11.8 Å². The molecule has 2 amide bonds. The zero-order valence-electron chi connectivity index (χ0n) is 18.2. The Hall–Kier alpha value is -2.71. The summed E-state index contributed by atoms with van der Waals surface area (Å²) in [5, 5.41) is 11.1. The number of carbonyl (C=O) groups excluding carboxylic acids is 2. The Morgan fingerprint density at radius 2 is 2.00 bits per heavy atom. The second-order valence-corrected chi connectivity index (χ2v) is 9.06. The molecule has 30 heavy (non-hydrogen) atoms. The van der Waals surface area contributed by atoms with E-state index in [2.05, 4.69) is 20.6 Å². The van der Waals surface area contributed by atoms with Crippen molar-refractivity contribution in [3.05, 3.63) is 28.7 Å². The summed E-state index contributed by atoms with van der Waals surface area (Å²) in [6.07, 6.45) is 1.69. The summed E-state index contributed by atoms with van der Waals surface area (Å²) in [5.74, 6) is 2.02. The molecule has 162 valence electrons. The van der Waals surface area contributed by atoms with Gasteiger partial charge in [-0.1, -0.05) is 24.2 Å². The maximum atomic E-state index is 12.7. The number of amides is 2. The molecule has 3 heterocycles. The van der Waals surface area contributed by atoms with E-state index >= 15 is 0 Å². The standard InChI is InChI=1S/C21H29N5O4/c1-11(2)19(28)26-9-15-6-16(8-21(15,10-26)20-22-14(5)25-30-20)23-18(27)7-17-12(3)24-29-13(17)4/h11,15-16H,6-10H2,1-5H3,(H,23,27)/t15?,16-,21+/m1/s1. The first kappa shape index (κ1) is 20.6. The molecular formula is C21H29N5O4. The van der Waals surface area contributed by atoms with Gasteiger partial charge < -0.3 is 19.3 Å². The zero-order valence-corrected chi connectivity index (χ0v) is 18.2. The van der Waals surface area contributed by atoms with Gasteiger partial charge in [0.2, 0.25) is 17.7 Å². The van der Waals surface area contributed by atoms with Crippen molar-refractivity contribution < 1.29 is 18.6 Å². The monoisotopic (exact) mass is 415 g/mol. The van der Waals surface area contributed by atoms with E-state index in [9.17, 15) is 9.59 Å². The van der Waals surface area contributed by atoms with Crippen LogP contribution in [0.1, 0.15) is 55.4 Å². The third-order valence-corrected chi connectivity index (χ3v) is 6.52. The molecule has 9 heteroatoms. The van der Waals surface area contributed by atoms with Crippen LogP contribution < -0.4 is 5.32 Å². The third-order valence-electron chi connectivity index (χ3n) is 6.52. The minimum absolute atomic E-state index is 0.00789. The normalized spacial score (nSPS) is 25.7. The Morgan fingerprint density at radius 1 is 1.23 bits per heavy atom. The van der Waals surface area contributed by atoms with Gasteiger partial charge in [0.15, 0.2) is 5.82 Å². The third kappa shape index (κ3) is 3.50. The SMILES string of the molecule is Cc1noc([C@]23C[C@H](NC(=O)Cc4c(C)noc4C)CC2CN(C(=O)C(C)C)C3)n1. The molecule has 1 aliphatic carbocycles. The van der Waals surface area contributed by atoms with Crippen molar-refractivity contribution in [2.24, 2.45) is 11.8 Å². The lowest BCUT2D eigenvalue weighted by Gasteiger charge is -2.26. The molecular weight excluding hydrogens is 386 g/mol. The van der Waals surface area contributed by atoms with Gasteiger partial charge in [-0.05, 0) is 39.5 Å². The van der Waals surface area contributed by atoms with E-state index < -0.39 is 5.41 Å². The van der Waals surface area contributed by atoms with Crippen LogP contribution in [0, 0.1) is 32.6 Å². The summed E-state index contributed by atoms with van der Waals surface area (Å²) in [7, 11) is 0. The number of likely N-dealkylation sites (tertiary alicyclic amines) is 1. The van der Waals surface area contributed by atoms with E-state index in [1.54, 1.807) is 6.92 Å². The van der Waals surface area contributed by atoms with E-state index in [0.29, 0.717) is 37.0 Å². The second kappa shape index (κ2) is 7.52. The lowest BCUT2D eigenvalue weighted by atomic mass is 9.80. The fraction of sp³-hybridized carbons (Fsp3) is 0.667. The van der Waals surface area contributed by atoms with Gasteiger partial charge in [-0.3, -0.25) is 9.59 Å². The topological polar surface area (TPSA) is 114 Å². The van der Waals surface area contributed by atoms with Crippen molar-refractivity contribution in [1.82, 2.24) is 25.5 Å². The van der Waals surface area contributed by atoms with Gasteiger partial charge in [-0.15, -0.1) is 0 Å². The molecule has 1 saturated carbocycles.